The van der Waals surface area contributed by atoms with E-state index in [0.717, 1.165) is 5.56 Å². The van der Waals surface area contributed by atoms with Crippen LogP contribution < -0.4 is 4.90 Å². The number of rotatable bonds is 6. The highest BCUT2D eigenvalue weighted by atomic mass is 32.2. The van der Waals surface area contributed by atoms with E-state index < -0.39 is 14.8 Å². The van der Waals surface area contributed by atoms with Crippen LogP contribution in [0.15, 0.2) is 53.4 Å². The fourth-order valence-corrected chi connectivity index (χ4v) is 4.56. The number of nitrogens with zero attached hydrogens (tertiary/aromatic N) is 3. The van der Waals surface area contributed by atoms with E-state index in [1.807, 2.05) is 11.8 Å². The number of nitro benzene ring substituents is 1. The highest BCUT2D eigenvalue weighted by Crippen LogP contribution is 2.28. The minimum atomic E-state index is -3.51. The molecule has 1 fully saturated rings. The second-order valence-electron chi connectivity index (χ2n) is 7.00. The van der Waals surface area contributed by atoms with Gasteiger partial charge in [0.15, 0.2) is 9.84 Å². The van der Waals surface area contributed by atoms with Gasteiger partial charge in [0.05, 0.1) is 15.6 Å². The predicted octanol–water partition coefficient (Wildman–Crippen LogP) is 2.42. The van der Waals surface area contributed by atoms with E-state index in [0.29, 0.717) is 31.9 Å². The van der Waals surface area contributed by atoms with E-state index >= 15 is 0 Å². The number of piperazine rings is 1. The number of sulfone groups is 1. The third kappa shape index (κ3) is 4.92. The number of anilines is 1. The molecule has 1 heterocycles. The summed E-state index contributed by atoms with van der Waals surface area (Å²) in [6.07, 6.45) is -0.0817. The van der Waals surface area contributed by atoms with Crippen LogP contribution in [0.5, 0.6) is 0 Å². The van der Waals surface area contributed by atoms with Crippen LogP contribution in [0, 0.1) is 17.0 Å². The summed E-state index contributed by atoms with van der Waals surface area (Å²) >= 11 is 0. The van der Waals surface area contributed by atoms with Crippen molar-refractivity contribution in [3.63, 3.8) is 0 Å². The number of carbonyl (C=O) groups is 1. The Morgan fingerprint density at radius 1 is 1.03 bits per heavy atom. The average molecular weight is 417 g/mol. The smallest absolute Gasteiger partial charge is 0.292 e. The quantitative estimate of drug-likeness (QED) is 0.528. The van der Waals surface area contributed by atoms with Crippen LogP contribution in [0.25, 0.3) is 0 Å². The fourth-order valence-electron chi connectivity index (χ4n) is 3.33. The molecule has 0 aliphatic carbocycles. The van der Waals surface area contributed by atoms with Gasteiger partial charge < -0.3 is 9.80 Å². The Morgan fingerprint density at radius 2 is 1.66 bits per heavy atom. The second kappa shape index (κ2) is 8.60. The van der Waals surface area contributed by atoms with Crippen molar-refractivity contribution in [2.24, 2.45) is 0 Å². The first kappa shape index (κ1) is 20.8. The van der Waals surface area contributed by atoms with Crippen molar-refractivity contribution < 1.29 is 18.1 Å². The van der Waals surface area contributed by atoms with Crippen LogP contribution in [0.2, 0.25) is 0 Å². The summed E-state index contributed by atoms with van der Waals surface area (Å²) in [6, 6.07) is 13.1. The summed E-state index contributed by atoms with van der Waals surface area (Å²) in [4.78, 5) is 27.0. The third-order valence-electron chi connectivity index (χ3n) is 5.02. The molecule has 0 radical (unpaired) electrons. The molecule has 0 unspecified atom stereocenters. The van der Waals surface area contributed by atoms with Gasteiger partial charge >= 0.3 is 0 Å². The standard InChI is InChI=1S/C20H23N3O5S/c1-16-6-8-17(9-7-16)29(27,28)15-10-20(24)22-13-11-21(12-14-22)18-4-2-3-5-19(18)23(25)26/h2-9H,10-15H2,1H3. The fraction of sp³-hybridized carbons (Fsp3) is 0.350. The van der Waals surface area contributed by atoms with Crippen molar-refractivity contribution in [2.45, 2.75) is 18.2 Å². The number of para-hydroxylation sites is 2. The summed E-state index contributed by atoms with van der Waals surface area (Å²) in [5.41, 5.74) is 1.54. The zero-order chi connectivity index (χ0) is 21.0. The Bertz CT molecular complexity index is 997. The van der Waals surface area contributed by atoms with Gasteiger partial charge in [-0.2, -0.15) is 0 Å². The van der Waals surface area contributed by atoms with E-state index in [1.54, 1.807) is 47.4 Å². The lowest BCUT2D eigenvalue weighted by Crippen LogP contribution is -2.49. The number of benzene rings is 2. The molecule has 0 spiro atoms. The van der Waals surface area contributed by atoms with Gasteiger partial charge in [0, 0.05) is 38.7 Å². The van der Waals surface area contributed by atoms with Crippen LogP contribution in [-0.4, -0.2) is 56.1 Å². The largest absolute Gasteiger partial charge is 0.362 e. The van der Waals surface area contributed by atoms with Crippen LogP contribution >= 0.6 is 0 Å². The highest BCUT2D eigenvalue weighted by Gasteiger charge is 2.26. The second-order valence-corrected chi connectivity index (χ2v) is 9.10. The number of aryl methyl sites for hydroxylation is 1. The van der Waals surface area contributed by atoms with Crippen molar-refractivity contribution in [1.29, 1.82) is 0 Å². The Labute approximate surface area is 169 Å². The first-order valence-corrected chi connectivity index (χ1v) is 11.0. The molecule has 1 amide bonds. The molecule has 154 valence electrons. The minimum absolute atomic E-state index is 0.0384. The molecule has 0 atom stereocenters. The lowest BCUT2D eigenvalue weighted by molar-refractivity contribution is -0.384. The zero-order valence-corrected chi connectivity index (χ0v) is 17.0. The molecule has 2 aromatic rings. The Balaban J connectivity index is 1.57. The maximum absolute atomic E-state index is 12.5. The average Bonchev–Trinajstić information content (AvgIpc) is 2.72. The van der Waals surface area contributed by atoms with E-state index in [2.05, 4.69) is 0 Å². The molecule has 1 saturated heterocycles. The summed E-state index contributed by atoms with van der Waals surface area (Å²) in [5.74, 6) is -0.456. The Morgan fingerprint density at radius 3 is 2.28 bits per heavy atom. The third-order valence-corrected chi connectivity index (χ3v) is 6.75. The van der Waals surface area contributed by atoms with Gasteiger partial charge in [0.2, 0.25) is 5.91 Å². The van der Waals surface area contributed by atoms with E-state index in [4.69, 9.17) is 0 Å². The van der Waals surface area contributed by atoms with Gasteiger partial charge in [-0.05, 0) is 25.1 Å². The Hall–Kier alpha value is -2.94. The number of hydrogen-bond acceptors (Lipinski definition) is 6. The van der Waals surface area contributed by atoms with Crippen LogP contribution in [-0.2, 0) is 14.6 Å². The normalized spacial score (nSPS) is 14.7. The van der Waals surface area contributed by atoms with Gasteiger partial charge in [0.1, 0.15) is 5.69 Å². The summed E-state index contributed by atoms with van der Waals surface area (Å²) in [6.45, 7) is 3.59. The van der Waals surface area contributed by atoms with Crippen molar-refractivity contribution in [3.8, 4) is 0 Å². The summed E-state index contributed by atoms with van der Waals surface area (Å²) in [5, 5.41) is 11.2. The van der Waals surface area contributed by atoms with Crippen molar-refractivity contribution >= 4 is 27.1 Å². The lowest BCUT2D eigenvalue weighted by Gasteiger charge is -2.35. The lowest BCUT2D eigenvalue weighted by atomic mass is 10.2. The van der Waals surface area contributed by atoms with Gasteiger partial charge in [-0.1, -0.05) is 29.8 Å². The molecular formula is C20H23N3O5S. The van der Waals surface area contributed by atoms with Crippen LogP contribution in [0.4, 0.5) is 11.4 Å². The van der Waals surface area contributed by atoms with Crippen molar-refractivity contribution in [2.75, 3.05) is 36.8 Å². The predicted molar refractivity (Wildman–Crippen MR) is 110 cm³/mol. The van der Waals surface area contributed by atoms with E-state index in [1.165, 1.54) is 6.07 Å². The number of hydrogen-bond donors (Lipinski definition) is 0. The molecule has 8 nitrogen and oxygen atoms in total. The molecule has 0 aromatic heterocycles. The molecule has 1 aliphatic heterocycles. The number of nitro groups is 1. The molecule has 0 saturated carbocycles. The summed E-state index contributed by atoms with van der Waals surface area (Å²) in [7, 11) is -3.51. The van der Waals surface area contributed by atoms with Crippen LogP contribution in [0.3, 0.4) is 0 Å². The maximum atomic E-state index is 12.5. The molecule has 2 aromatic carbocycles. The number of amides is 1. The van der Waals surface area contributed by atoms with Crippen molar-refractivity contribution in [1.82, 2.24) is 4.90 Å². The number of carbonyl (C=O) groups excluding carboxylic acids is 1. The van der Waals surface area contributed by atoms with Gasteiger partial charge in [-0.3, -0.25) is 14.9 Å². The molecular weight excluding hydrogens is 394 g/mol. The first-order valence-electron chi connectivity index (χ1n) is 9.33. The van der Waals surface area contributed by atoms with Crippen molar-refractivity contribution in [3.05, 3.63) is 64.2 Å². The van der Waals surface area contributed by atoms with E-state index in [-0.39, 0.29) is 28.7 Å². The summed E-state index contributed by atoms with van der Waals surface area (Å²) < 4.78 is 24.9. The first-order chi connectivity index (χ1) is 13.8. The monoisotopic (exact) mass is 417 g/mol. The van der Waals surface area contributed by atoms with Crippen LogP contribution in [0.1, 0.15) is 12.0 Å². The molecule has 3 rings (SSSR count). The van der Waals surface area contributed by atoms with Gasteiger partial charge in [0.25, 0.3) is 5.69 Å². The molecule has 1 aliphatic rings. The highest BCUT2D eigenvalue weighted by molar-refractivity contribution is 7.91. The SMILES string of the molecule is Cc1ccc(S(=O)(=O)CCC(=O)N2CCN(c3ccccc3[N+](=O)[O-])CC2)cc1. The molecule has 9 heteroatoms. The Kier molecular flexibility index (Phi) is 6.17. The van der Waals surface area contributed by atoms with Gasteiger partial charge in [-0.25, -0.2) is 8.42 Å². The minimum Gasteiger partial charge on any atom is -0.362 e. The van der Waals surface area contributed by atoms with Gasteiger partial charge in [-0.15, -0.1) is 0 Å². The zero-order valence-electron chi connectivity index (χ0n) is 16.2. The topological polar surface area (TPSA) is 101 Å². The maximum Gasteiger partial charge on any atom is 0.292 e. The van der Waals surface area contributed by atoms with E-state index in [9.17, 15) is 23.3 Å². The molecule has 0 bridgehead atoms. The molecule has 0 N–H and O–H groups in total. The molecule has 29 heavy (non-hydrogen) atoms.